The second-order valence-corrected chi connectivity index (χ2v) is 6.44. The molecule has 7 heteroatoms. The van der Waals surface area contributed by atoms with Gasteiger partial charge in [0.15, 0.2) is 0 Å². The number of amides is 1. The van der Waals surface area contributed by atoms with Crippen molar-refractivity contribution in [1.82, 2.24) is 9.78 Å². The van der Waals surface area contributed by atoms with E-state index >= 15 is 0 Å². The van der Waals surface area contributed by atoms with Gasteiger partial charge in [-0.1, -0.05) is 41.9 Å². The lowest BCUT2D eigenvalue weighted by Crippen LogP contribution is -2.35. The monoisotopic (exact) mass is 364 g/mol. The van der Waals surface area contributed by atoms with Crippen LogP contribution in [0.15, 0.2) is 59.4 Å². The van der Waals surface area contributed by atoms with Gasteiger partial charge in [0.25, 0.3) is 5.56 Å². The van der Waals surface area contributed by atoms with Crippen molar-refractivity contribution in [3.63, 3.8) is 0 Å². The predicted molar refractivity (Wildman–Crippen MR) is 97.4 cm³/mol. The van der Waals surface area contributed by atoms with E-state index < -0.39 is 17.7 Å². The van der Waals surface area contributed by atoms with E-state index in [1.165, 1.54) is 4.68 Å². The third kappa shape index (κ3) is 2.50. The number of fused-ring (bicyclic) bond motifs is 1. The van der Waals surface area contributed by atoms with Crippen LogP contribution in [0.1, 0.15) is 17.0 Å². The number of nitriles is 1. The average molecular weight is 365 g/mol. The number of aromatic amines is 1. The molecule has 128 valence electrons. The normalized spacial score (nSPS) is 18.7. The van der Waals surface area contributed by atoms with Crippen LogP contribution in [0, 0.1) is 17.2 Å². The highest BCUT2D eigenvalue weighted by molar-refractivity contribution is 6.30. The molecule has 0 radical (unpaired) electrons. The number of anilines is 1. The molecule has 26 heavy (non-hydrogen) atoms. The first kappa shape index (κ1) is 16.2. The Labute approximate surface area is 153 Å². The molecule has 0 saturated carbocycles. The molecule has 2 aromatic carbocycles. The summed E-state index contributed by atoms with van der Waals surface area (Å²) in [6, 6.07) is 17.9. The third-order valence-corrected chi connectivity index (χ3v) is 4.74. The number of rotatable bonds is 2. The van der Waals surface area contributed by atoms with Gasteiger partial charge >= 0.3 is 0 Å². The van der Waals surface area contributed by atoms with Crippen molar-refractivity contribution in [2.75, 3.05) is 5.32 Å². The van der Waals surface area contributed by atoms with E-state index in [4.69, 9.17) is 11.6 Å². The zero-order valence-electron chi connectivity index (χ0n) is 13.4. The van der Waals surface area contributed by atoms with E-state index in [1.54, 1.807) is 36.4 Å². The van der Waals surface area contributed by atoms with Gasteiger partial charge in [0.2, 0.25) is 5.91 Å². The lowest BCUT2D eigenvalue weighted by Gasteiger charge is -2.26. The Morgan fingerprint density at radius 1 is 1.04 bits per heavy atom. The van der Waals surface area contributed by atoms with E-state index in [1.807, 2.05) is 24.3 Å². The van der Waals surface area contributed by atoms with Crippen LogP contribution in [0.2, 0.25) is 5.02 Å². The maximum absolute atomic E-state index is 13.1. The molecule has 0 spiro atoms. The Balaban J connectivity index is 1.94. The molecule has 2 N–H and O–H groups in total. The number of carbonyl (C=O) groups excluding carboxylic acids is 1. The first-order chi connectivity index (χ1) is 12.6. The second kappa shape index (κ2) is 6.21. The summed E-state index contributed by atoms with van der Waals surface area (Å²) in [5, 5.41) is 15.7. The molecular formula is C19H13ClN4O2. The highest BCUT2D eigenvalue weighted by Crippen LogP contribution is 2.38. The minimum atomic E-state index is -1.00. The minimum absolute atomic E-state index is 0.300. The quantitative estimate of drug-likeness (QED) is 0.732. The van der Waals surface area contributed by atoms with Crippen LogP contribution in [0.25, 0.3) is 5.69 Å². The summed E-state index contributed by atoms with van der Waals surface area (Å²) in [6.07, 6.45) is 0. The number of hydrogen-bond acceptors (Lipinski definition) is 3. The van der Waals surface area contributed by atoms with Gasteiger partial charge in [0.05, 0.1) is 17.3 Å². The molecule has 3 aromatic rings. The number of hydrogen-bond donors (Lipinski definition) is 2. The van der Waals surface area contributed by atoms with Gasteiger partial charge in [0.1, 0.15) is 11.7 Å². The molecule has 0 fully saturated rings. The number of benzene rings is 2. The first-order valence-electron chi connectivity index (χ1n) is 7.96. The fourth-order valence-corrected chi connectivity index (χ4v) is 3.40. The number of H-pyrrole nitrogens is 1. The lowest BCUT2D eigenvalue weighted by molar-refractivity contribution is -0.119. The van der Waals surface area contributed by atoms with Crippen molar-refractivity contribution in [1.29, 1.82) is 5.26 Å². The molecule has 0 saturated heterocycles. The van der Waals surface area contributed by atoms with E-state index in [-0.39, 0.29) is 5.56 Å². The zero-order chi connectivity index (χ0) is 18.3. The molecular weight excluding hydrogens is 352 g/mol. The molecule has 0 aliphatic carbocycles. The molecule has 1 aliphatic heterocycles. The average Bonchev–Trinajstić information content (AvgIpc) is 2.98. The SMILES string of the molecule is N#C[C@@H]1C(=O)Nc2[nH]n(-c3ccccc3)c(=O)c2[C@H]1c1ccc(Cl)cc1. The van der Waals surface area contributed by atoms with E-state index in [2.05, 4.69) is 10.4 Å². The fourth-order valence-electron chi connectivity index (χ4n) is 3.27. The van der Waals surface area contributed by atoms with Gasteiger partial charge in [-0.05, 0) is 29.8 Å². The molecule has 1 amide bonds. The highest BCUT2D eigenvalue weighted by Gasteiger charge is 2.41. The van der Waals surface area contributed by atoms with Gasteiger partial charge in [-0.2, -0.15) is 5.26 Å². The molecule has 4 rings (SSSR count). The summed E-state index contributed by atoms with van der Waals surface area (Å²) in [6.45, 7) is 0. The number of carbonyl (C=O) groups is 1. The molecule has 2 atom stereocenters. The Kier molecular flexibility index (Phi) is 3.86. The van der Waals surface area contributed by atoms with Crippen molar-refractivity contribution in [2.24, 2.45) is 5.92 Å². The third-order valence-electron chi connectivity index (χ3n) is 4.48. The van der Waals surface area contributed by atoms with Crippen molar-refractivity contribution in [2.45, 2.75) is 5.92 Å². The number of nitrogens with one attached hydrogen (secondary N) is 2. The number of halogens is 1. The van der Waals surface area contributed by atoms with Crippen molar-refractivity contribution in [3.8, 4) is 11.8 Å². The molecule has 6 nitrogen and oxygen atoms in total. The van der Waals surface area contributed by atoms with Crippen LogP contribution in [-0.4, -0.2) is 15.7 Å². The van der Waals surface area contributed by atoms with Crippen LogP contribution < -0.4 is 10.9 Å². The maximum Gasteiger partial charge on any atom is 0.277 e. The Morgan fingerprint density at radius 3 is 2.38 bits per heavy atom. The van der Waals surface area contributed by atoms with Gasteiger partial charge < -0.3 is 5.32 Å². The van der Waals surface area contributed by atoms with Crippen molar-refractivity contribution < 1.29 is 4.79 Å². The Hall–Kier alpha value is -3.30. The Morgan fingerprint density at radius 2 is 1.73 bits per heavy atom. The molecule has 0 bridgehead atoms. The van der Waals surface area contributed by atoms with Gasteiger partial charge in [0, 0.05) is 10.9 Å². The minimum Gasteiger partial charge on any atom is -0.310 e. The molecule has 0 unspecified atom stereocenters. The summed E-state index contributed by atoms with van der Waals surface area (Å²) >= 11 is 5.95. The molecule has 1 aliphatic rings. The van der Waals surface area contributed by atoms with E-state index in [9.17, 15) is 14.9 Å². The smallest absolute Gasteiger partial charge is 0.277 e. The predicted octanol–water partition coefficient (Wildman–Crippen LogP) is 3.04. The maximum atomic E-state index is 13.1. The first-order valence-corrected chi connectivity index (χ1v) is 8.34. The number of para-hydroxylation sites is 1. The zero-order valence-corrected chi connectivity index (χ0v) is 14.2. The largest absolute Gasteiger partial charge is 0.310 e. The lowest BCUT2D eigenvalue weighted by atomic mass is 9.79. The summed E-state index contributed by atoms with van der Waals surface area (Å²) in [5.41, 5.74) is 1.39. The van der Waals surface area contributed by atoms with Crippen LogP contribution in [0.5, 0.6) is 0 Å². The summed E-state index contributed by atoms with van der Waals surface area (Å²) in [5.74, 6) is -1.80. The van der Waals surface area contributed by atoms with Crippen LogP contribution in [-0.2, 0) is 4.79 Å². The fraction of sp³-hybridized carbons (Fsp3) is 0.105. The molecule has 1 aromatic heterocycles. The number of nitrogens with zero attached hydrogens (tertiary/aromatic N) is 2. The number of aromatic nitrogens is 2. The summed E-state index contributed by atoms with van der Waals surface area (Å²) < 4.78 is 1.37. The summed E-state index contributed by atoms with van der Waals surface area (Å²) in [4.78, 5) is 25.5. The highest BCUT2D eigenvalue weighted by atomic mass is 35.5. The van der Waals surface area contributed by atoms with Crippen LogP contribution in [0.3, 0.4) is 0 Å². The van der Waals surface area contributed by atoms with E-state index in [0.29, 0.717) is 27.7 Å². The van der Waals surface area contributed by atoms with Crippen molar-refractivity contribution >= 4 is 23.3 Å². The van der Waals surface area contributed by atoms with Gasteiger partial charge in [-0.25, -0.2) is 4.68 Å². The van der Waals surface area contributed by atoms with Gasteiger partial charge in [-0.3, -0.25) is 14.7 Å². The second-order valence-electron chi connectivity index (χ2n) is 6.00. The summed E-state index contributed by atoms with van der Waals surface area (Å²) in [7, 11) is 0. The topological polar surface area (TPSA) is 90.7 Å². The van der Waals surface area contributed by atoms with Crippen molar-refractivity contribution in [3.05, 3.63) is 81.1 Å². The Bertz CT molecular complexity index is 1080. The van der Waals surface area contributed by atoms with E-state index in [0.717, 1.165) is 0 Å². The van der Waals surface area contributed by atoms with Crippen LogP contribution >= 0.6 is 11.6 Å². The van der Waals surface area contributed by atoms with Crippen LogP contribution in [0.4, 0.5) is 5.82 Å². The standard InChI is InChI=1S/C19H13ClN4O2/c20-12-8-6-11(7-9-12)15-14(10-21)18(25)22-17-16(15)19(26)24(23-17)13-4-2-1-3-5-13/h1-9,14-15,23H,(H,22,25)/t14-,15-/m0/s1. The molecule has 2 heterocycles. The van der Waals surface area contributed by atoms with Gasteiger partial charge in [-0.15, -0.1) is 0 Å².